The van der Waals surface area contributed by atoms with E-state index in [-0.39, 0.29) is 0 Å². The molecule has 0 aliphatic rings. The second-order valence-corrected chi connectivity index (χ2v) is 5.65. The van der Waals surface area contributed by atoms with Crippen LogP contribution in [0.5, 0.6) is 0 Å². The summed E-state index contributed by atoms with van der Waals surface area (Å²) < 4.78 is 1.96. The lowest BCUT2D eigenvalue weighted by Crippen LogP contribution is -2.04. The number of aromatic nitrogens is 2. The smallest absolute Gasteiger partial charge is 0.120 e. The number of imidazole rings is 1. The monoisotopic (exact) mass is 273 g/mol. The van der Waals surface area contributed by atoms with E-state index in [1.165, 1.54) is 0 Å². The molecular weight excluding hydrogens is 258 g/mol. The number of nitrogens with zero attached hydrogens (tertiary/aromatic N) is 2. The highest BCUT2D eigenvalue weighted by atomic mass is 32.1. The van der Waals surface area contributed by atoms with Crippen LogP contribution in [-0.4, -0.2) is 21.5 Å². The molecule has 1 atom stereocenters. The van der Waals surface area contributed by atoms with E-state index < -0.39 is 6.10 Å². The Kier molecular flexibility index (Phi) is 3.00. The van der Waals surface area contributed by atoms with Gasteiger partial charge in [0, 0.05) is 17.6 Å². The zero-order chi connectivity index (χ0) is 13.4. The highest BCUT2D eigenvalue weighted by Gasteiger charge is 2.18. The van der Waals surface area contributed by atoms with Crippen LogP contribution in [0.4, 0.5) is 5.69 Å². The van der Waals surface area contributed by atoms with Gasteiger partial charge in [0.15, 0.2) is 0 Å². The molecule has 3 aromatic rings. The molecule has 98 valence electrons. The first-order valence-electron chi connectivity index (χ1n) is 6.08. The second-order valence-electron chi connectivity index (χ2n) is 4.42. The van der Waals surface area contributed by atoms with Gasteiger partial charge in [-0.1, -0.05) is 12.1 Å². The number of nitrogens with one attached hydrogen (secondary N) is 1. The molecule has 2 aromatic heterocycles. The molecule has 3 rings (SSSR count). The van der Waals surface area contributed by atoms with E-state index in [9.17, 15) is 5.11 Å². The van der Waals surface area contributed by atoms with Crippen molar-refractivity contribution in [1.82, 2.24) is 9.38 Å². The molecule has 0 spiro atoms. The van der Waals surface area contributed by atoms with E-state index in [2.05, 4.69) is 10.3 Å². The first kappa shape index (κ1) is 12.2. The molecule has 2 N–H and O–H groups in total. The number of thiazole rings is 1. The van der Waals surface area contributed by atoms with Gasteiger partial charge in [-0.3, -0.25) is 4.40 Å². The van der Waals surface area contributed by atoms with Crippen molar-refractivity contribution in [2.75, 3.05) is 12.4 Å². The normalized spacial score (nSPS) is 12.8. The average Bonchev–Trinajstić information content (AvgIpc) is 2.98. The van der Waals surface area contributed by atoms with Gasteiger partial charge in [-0.15, -0.1) is 11.3 Å². The molecule has 4 nitrogen and oxygen atoms in total. The summed E-state index contributed by atoms with van der Waals surface area (Å²) in [6, 6.07) is 7.81. The number of hydrogen-bond donors (Lipinski definition) is 2. The number of aryl methyl sites for hydroxylation is 1. The van der Waals surface area contributed by atoms with E-state index in [0.29, 0.717) is 0 Å². The Morgan fingerprint density at radius 3 is 2.74 bits per heavy atom. The third kappa shape index (κ3) is 2.01. The van der Waals surface area contributed by atoms with Gasteiger partial charge in [0.1, 0.15) is 17.3 Å². The number of benzene rings is 1. The van der Waals surface area contributed by atoms with Crippen molar-refractivity contribution in [3.63, 3.8) is 0 Å². The lowest BCUT2D eigenvalue weighted by atomic mass is 10.1. The van der Waals surface area contributed by atoms with Crippen LogP contribution in [0.1, 0.15) is 22.2 Å². The fraction of sp³-hybridized carbons (Fsp3) is 0.214. The summed E-state index contributed by atoms with van der Waals surface area (Å²) in [5.74, 6) is 0. The maximum Gasteiger partial charge on any atom is 0.120 e. The molecule has 1 unspecified atom stereocenters. The third-order valence-electron chi connectivity index (χ3n) is 3.26. The predicted molar refractivity (Wildman–Crippen MR) is 77.9 cm³/mol. The van der Waals surface area contributed by atoms with Gasteiger partial charge < -0.3 is 10.4 Å². The van der Waals surface area contributed by atoms with Crippen LogP contribution in [0.25, 0.3) is 4.83 Å². The minimum atomic E-state index is -0.631. The number of aliphatic hydroxyl groups excluding tert-OH is 1. The van der Waals surface area contributed by atoms with Crippen LogP contribution in [0.3, 0.4) is 0 Å². The summed E-state index contributed by atoms with van der Waals surface area (Å²) in [6.07, 6.45) is 2.94. The maximum absolute atomic E-state index is 10.6. The minimum Gasteiger partial charge on any atom is -0.388 e. The lowest BCUT2D eigenvalue weighted by molar-refractivity contribution is 0.214. The van der Waals surface area contributed by atoms with Crippen molar-refractivity contribution in [3.05, 3.63) is 52.9 Å². The van der Waals surface area contributed by atoms with E-state index >= 15 is 0 Å². The zero-order valence-electron chi connectivity index (χ0n) is 10.8. The summed E-state index contributed by atoms with van der Waals surface area (Å²) in [7, 11) is 1.88. The molecule has 0 saturated heterocycles. The fourth-order valence-electron chi connectivity index (χ4n) is 2.23. The summed E-state index contributed by atoms with van der Waals surface area (Å²) in [4.78, 5) is 6.29. The second kappa shape index (κ2) is 4.68. The van der Waals surface area contributed by atoms with Gasteiger partial charge in [0.05, 0.1) is 11.9 Å². The summed E-state index contributed by atoms with van der Waals surface area (Å²) in [5.41, 5.74) is 2.82. The van der Waals surface area contributed by atoms with Crippen LogP contribution >= 0.6 is 11.3 Å². The summed E-state index contributed by atoms with van der Waals surface area (Å²) in [5, 5.41) is 13.6. The van der Waals surface area contributed by atoms with Crippen molar-refractivity contribution in [3.8, 4) is 0 Å². The first-order valence-corrected chi connectivity index (χ1v) is 6.89. The molecule has 1 aromatic carbocycles. The molecule has 0 aliphatic carbocycles. The van der Waals surface area contributed by atoms with E-state index in [4.69, 9.17) is 0 Å². The topological polar surface area (TPSA) is 49.6 Å². The Hall–Kier alpha value is -1.85. The van der Waals surface area contributed by atoms with Gasteiger partial charge in [-0.25, -0.2) is 4.98 Å². The van der Waals surface area contributed by atoms with E-state index in [1.807, 2.05) is 48.8 Å². The molecule has 0 saturated carbocycles. The number of rotatable bonds is 3. The molecule has 0 aliphatic heterocycles. The highest BCUT2D eigenvalue weighted by molar-refractivity contribution is 7.17. The predicted octanol–water partition coefficient (Wildman–Crippen LogP) is 2.83. The van der Waals surface area contributed by atoms with Gasteiger partial charge >= 0.3 is 0 Å². The van der Waals surface area contributed by atoms with Crippen LogP contribution in [0, 0.1) is 6.92 Å². The van der Waals surface area contributed by atoms with Crippen molar-refractivity contribution in [2.24, 2.45) is 0 Å². The van der Waals surface area contributed by atoms with Gasteiger partial charge in [-0.2, -0.15) is 0 Å². The van der Waals surface area contributed by atoms with Gasteiger partial charge in [-0.05, 0) is 24.6 Å². The Balaban J connectivity index is 2.04. The molecule has 0 amide bonds. The quantitative estimate of drug-likeness (QED) is 0.771. The summed E-state index contributed by atoms with van der Waals surface area (Å²) >= 11 is 1.64. The number of aliphatic hydroxyl groups is 1. The first-order chi connectivity index (χ1) is 9.20. The number of anilines is 1. The van der Waals surface area contributed by atoms with Crippen molar-refractivity contribution < 1.29 is 5.11 Å². The van der Waals surface area contributed by atoms with Crippen LogP contribution in [0.2, 0.25) is 0 Å². The Morgan fingerprint density at radius 1 is 1.32 bits per heavy atom. The molecule has 0 fully saturated rings. The standard InChI is InChI=1S/C14H15N3OS/c1-9-13(17-8-16-7-12(17)19-9)14(18)10-3-5-11(15-2)6-4-10/h3-8,14-15,18H,1-2H3. The Labute approximate surface area is 115 Å². The van der Waals surface area contributed by atoms with Crippen LogP contribution in [0.15, 0.2) is 36.8 Å². The van der Waals surface area contributed by atoms with E-state index in [1.54, 1.807) is 17.7 Å². The molecule has 5 heteroatoms. The fourth-order valence-corrected chi connectivity index (χ4v) is 3.22. The van der Waals surface area contributed by atoms with Crippen molar-refractivity contribution in [1.29, 1.82) is 0 Å². The molecule has 0 bridgehead atoms. The average molecular weight is 273 g/mol. The Bertz CT molecular complexity index is 699. The molecule has 0 radical (unpaired) electrons. The largest absolute Gasteiger partial charge is 0.388 e. The van der Waals surface area contributed by atoms with Gasteiger partial charge in [0.25, 0.3) is 0 Å². The summed E-state index contributed by atoms with van der Waals surface area (Å²) in [6.45, 7) is 2.03. The highest BCUT2D eigenvalue weighted by Crippen LogP contribution is 2.31. The Morgan fingerprint density at radius 2 is 2.05 bits per heavy atom. The van der Waals surface area contributed by atoms with Crippen molar-refractivity contribution >= 4 is 21.9 Å². The maximum atomic E-state index is 10.6. The van der Waals surface area contributed by atoms with Gasteiger partial charge in [0.2, 0.25) is 0 Å². The lowest BCUT2D eigenvalue weighted by Gasteiger charge is -2.12. The number of hydrogen-bond acceptors (Lipinski definition) is 4. The minimum absolute atomic E-state index is 0.631. The molecular formula is C14H15N3OS. The van der Waals surface area contributed by atoms with Crippen LogP contribution < -0.4 is 5.32 Å². The third-order valence-corrected chi connectivity index (χ3v) is 4.28. The molecule has 19 heavy (non-hydrogen) atoms. The number of fused-ring (bicyclic) bond motifs is 1. The van der Waals surface area contributed by atoms with E-state index in [0.717, 1.165) is 26.7 Å². The SMILES string of the molecule is CNc1ccc(C(O)c2c(C)sc3cncn23)cc1. The van der Waals surface area contributed by atoms with Crippen LogP contribution in [-0.2, 0) is 0 Å². The zero-order valence-corrected chi connectivity index (χ0v) is 11.6. The molecule has 2 heterocycles. The van der Waals surface area contributed by atoms with Crippen molar-refractivity contribution in [2.45, 2.75) is 13.0 Å².